The Morgan fingerprint density at radius 3 is 2.35 bits per heavy atom. The summed E-state index contributed by atoms with van der Waals surface area (Å²) in [4.78, 5) is 0. The van der Waals surface area contributed by atoms with Crippen molar-refractivity contribution in [1.82, 2.24) is 5.32 Å². The van der Waals surface area contributed by atoms with Crippen LogP contribution in [0.2, 0.25) is 0 Å². The minimum atomic E-state index is -0.772. The van der Waals surface area contributed by atoms with Gasteiger partial charge in [-0.2, -0.15) is 0 Å². The van der Waals surface area contributed by atoms with Gasteiger partial charge < -0.3 is 5.32 Å². The lowest BCUT2D eigenvalue weighted by molar-refractivity contribution is 0.459. The molecule has 0 fully saturated rings. The van der Waals surface area contributed by atoms with Crippen molar-refractivity contribution in [2.45, 2.75) is 64.8 Å². The lowest BCUT2D eigenvalue weighted by Crippen LogP contribution is -2.22. The molecule has 0 aliphatic rings. The highest BCUT2D eigenvalue weighted by Gasteiger charge is 2.12. The molecule has 0 amide bonds. The zero-order valence-corrected chi connectivity index (χ0v) is 12.7. The smallest absolute Gasteiger partial charge is 0.159 e. The van der Waals surface area contributed by atoms with E-state index in [4.69, 9.17) is 0 Å². The van der Waals surface area contributed by atoms with Gasteiger partial charge in [-0.3, -0.25) is 0 Å². The summed E-state index contributed by atoms with van der Waals surface area (Å²) in [6.07, 6.45) is 8.13. The minimum absolute atomic E-state index is 0.131. The van der Waals surface area contributed by atoms with E-state index in [1.807, 2.05) is 0 Å². The monoisotopic (exact) mass is 283 g/mol. The van der Waals surface area contributed by atoms with E-state index in [-0.39, 0.29) is 6.04 Å². The number of rotatable bonds is 10. The van der Waals surface area contributed by atoms with Crippen LogP contribution in [-0.2, 0) is 0 Å². The summed E-state index contributed by atoms with van der Waals surface area (Å²) in [7, 11) is 0. The molecule has 1 N–H and O–H groups in total. The first-order valence-electron chi connectivity index (χ1n) is 7.87. The molecule has 1 aromatic carbocycles. The van der Waals surface area contributed by atoms with Gasteiger partial charge in [0.1, 0.15) is 0 Å². The maximum absolute atomic E-state index is 13.3. The van der Waals surface area contributed by atoms with E-state index in [0.29, 0.717) is 0 Å². The maximum Gasteiger partial charge on any atom is 0.159 e. The lowest BCUT2D eigenvalue weighted by Gasteiger charge is -2.19. The van der Waals surface area contributed by atoms with Gasteiger partial charge in [0, 0.05) is 6.04 Å². The third kappa shape index (κ3) is 6.00. The fourth-order valence-electron chi connectivity index (χ4n) is 2.39. The second-order valence-electron chi connectivity index (χ2n) is 5.38. The number of benzene rings is 1. The Kier molecular flexibility index (Phi) is 8.43. The van der Waals surface area contributed by atoms with Gasteiger partial charge in [-0.25, -0.2) is 8.78 Å². The molecule has 20 heavy (non-hydrogen) atoms. The van der Waals surface area contributed by atoms with Gasteiger partial charge >= 0.3 is 0 Å². The second-order valence-corrected chi connectivity index (χ2v) is 5.38. The largest absolute Gasteiger partial charge is 0.310 e. The van der Waals surface area contributed by atoms with Gasteiger partial charge in [0.2, 0.25) is 0 Å². The van der Waals surface area contributed by atoms with Crippen molar-refractivity contribution in [3.8, 4) is 0 Å². The van der Waals surface area contributed by atoms with Crippen LogP contribution in [0.4, 0.5) is 8.78 Å². The summed E-state index contributed by atoms with van der Waals surface area (Å²) in [5.74, 6) is -1.53. The van der Waals surface area contributed by atoms with Crippen LogP contribution in [0.1, 0.15) is 70.4 Å². The topological polar surface area (TPSA) is 12.0 Å². The maximum atomic E-state index is 13.3. The van der Waals surface area contributed by atoms with Crippen molar-refractivity contribution in [2.24, 2.45) is 0 Å². The SMILES string of the molecule is CCCCCCCC(NCCC)c1ccc(F)c(F)c1. The van der Waals surface area contributed by atoms with Gasteiger partial charge in [0.15, 0.2) is 11.6 Å². The molecule has 3 heteroatoms. The van der Waals surface area contributed by atoms with Gasteiger partial charge in [0.05, 0.1) is 0 Å². The predicted molar refractivity (Wildman–Crippen MR) is 80.8 cm³/mol. The van der Waals surface area contributed by atoms with Gasteiger partial charge in [0.25, 0.3) is 0 Å². The lowest BCUT2D eigenvalue weighted by atomic mass is 9.99. The van der Waals surface area contributed by atoms with Crippen molar-refractivity contribution < 1.29 is 8.78 Å². The molecule has 1 unspecified atom stereocenters. The molecule has 0 spiro atoms. The molecule has 0 aromatic heterocycles. The van der Waals surface area contributed by atoms with Crippen LogP contribution in [0.5, 0.6) is 0 Å². The molecule has 0 saturated carbocycles. The van der Waals surface area contributed by atoms with Crippen LogP contribution in [0.3, 0.4) is 0 Å². The fourth-order valence-corrected chi connectivity index (χ4v) is 2.39. The highest BCUT2D eigenvalue weighted by atomic mass is 19.2. The zero-order chi connectivity index (χ0) is 14.8. The third-order valence-electron chi connectivity index (χ3n) is 3.58. The van der Waals surface area contributed by atoms with Crippen molar-refractivity contribution in [3.63, 3.8) is 0 Å². The average Bonchev–Trinajstić information content (AvgIpc) is 2.45. The van der Waals surface area contributed by atoms with E-state index in [1.54, 1.807) is 6.07 Å². The predicted octanol–water partition coefficient (Wildman–Crippen LogP) is 5.37. The normalized spacial score (nSPS) is 12.6. The van der Waals surface area contributed by atoms with E-state index in [2.05, 4.69) is 19.2 Å². The van der Waals surface area contributed by atoms with Crippen LogP contribution in [-0.4, -0.2) is 6.54 Å². The van der Waals surface area contributed by atoms with Crippen molar-refractivity contribution in [3.05, 3.63) is 35.4 Å². The Labute approximate surface area is 121 Å². The number of unbranched alkanes of at least 4 members (excludes halogenated alkanes) is 4. The average molecular weight is 283 g/mol. The molecule has 0 aliphatic heterocycles. The molecule has 0 radical (unpaired) electrons. The molecule has 0 aliphatic carbocycles. The number of halogens is 2. The highest BCUT2D eigenvalue weighted by molar-refractivity contribution is 5.21. The summed E-state index contributed by atoms with van der Waals surface area (Å²) < 4.78 is 26.4. The van der Waals surface area contributed by atoms with Gasteiger partial charge in [-0.05, 0) is 37.1 Å². The van der Waals surface area contributed by atoms with Crippen LogP contribution in [0.15, 0.2) is 18.2 Å². The number of hydrogen-bond donors (Lipinski definition) is 1. The van der Waals surface area contributed by atoms with Gasteiger partial charge in [-0.15, -0.1) is 0 Å². The summed E-state index contributed by atoms with van der Waals surface area (Å²) in [6.45, 7) is 5.21. The standard InChI is InChI=1S/C17H27F2N/c1-3-5-6-7-8-9-17(20-12-4-2)14-10-11-15(18)16(19)13-14/h10-11,13,17,20H,3-9,12H2,1-2H3. The van der Waals surface area contributed by atoms with E-state index < -0.39 is 11.6 Å². The van der Waals surface area contributed by atoms with Crippen LogP contribution in [0.25, 0.3) is 0 Å². The third-order valence-corrected chi connectivity index (χ3v) is 3.58. The summed E-state index contributed by atoms with van der Waals surface area (Å²) in [5, 5.41) is 3.43. The Morgan fingerprint density at radius 2 is 1.70 bits per heavy atom. The Bertz CT molecular complexity index is 379. The Balaban J connectivity index is 2.55. The Hall–Kier alpha value is -0.960. The molecule has 1 rings (SSSR count). The first-order valence-corrected chi connectivity index (χ1v) is 7.87. The molecule has 0 heterocycles. The number of nitrogens with one attached hydrogen (secondary N) is 1. The zero-order valence-electron chi connectivity index (χ0n) is 12.7. The highest BCUT2D eigenvalue weighted by Crippen LogP contribution is 2.22. The molecule has 1 atom stereocenters. The van der Waals surface area contributed by atoms with Crippen LogP contribution >= 0.6 is 0 Å². The fraction of sp³-hybridized carbons (Fsp3) is 0.647. The molecular weight excluding hydrogens is 256 g/mol. The van der Waals surface area contributed by atoms with Crippen LogP contribution in [0, 0.1) is 11.6 Å². The van der Waals surface area contributed by atoms with E-state index in [9.17, 15) is 8.78 Å². The molecular formula is C17H27F2N. The van der Waals surface area contributed by atoms with Gasteiger partial charge in [-0.1, -0.05) is 52.0 Å². The van der Waals surface area contributed by atoms with E-state index in [0.717, 1.165) is 31.4 Å². The second kappa shape index (κ2) is 9.87. The first kappa shape index (κ1) is 17.1. The first-order chi connectivity index (χ1) is 9.69. The van der Waals surface area contributed by atoms with E-state index >= 15 is 0 Å². The molecule has 0 bridgehead atoms. The molecule has 114 valence electrons. The van der Waals surface area contributed by atoms with Crippen molar-refractivity contribution in [1.29, 1.82) is 0 Å². The quantitative estimate of drug-likeness (QED) is 0.569. The summed E-state index contributed by atoms with van der Waals surface area (Å²) in [5.41, 5.74) is 0.854. The molecule has 0 saturated heterocycles. The van der Waals surface area contributed by atoms with Crippen molar-refractivity contribution >= 4 is 0 Å². The Morgan fingerprint density at radius 1 is 0.950 bits per heavy atom. The molecule has 1 aromatic rings. The van der Waals surface area contributed by atoms with Crippen molar-refractivity contribution in [2.75, 3.05) is 6.54 Å². The number of hydrogen-bond acceptors (Lipinski definition) is 1. The van der Waals surface area contributed by atoms with E-state index in [1.165, 1.54) is 37.8 Å². The summed E-state index contributed by atoms with van der Waals surface area (Å²) >= 11 is 0. The van der Waals surface area contributed by atoms with Crippen LogP contribution < -0.4 is 5.32 Å². The summed E-state index contributed by atoms with van der Waals surface area (Å²) in [6, 6.07) is 4.38. The minimum Gasteiger partial charge on any atom is -0.310 e. The molecule has 1 nitrogen and oxygen atoms in total.